The number of allylic oxidation sites excluding steroid dienone is 2. The fourth-order valence-corrected chi connectivity index (χ4v) is 4.08. The largest absolute Gasteiger partial charge is 0.497 e. The third-order valence-electron chi connectivity index (χ3n) is 4.66. The van der Waals surface area contributed by atoms with E-state index in [9.17, 15) is 0 Å². The Morgan fingerprint density at radius 1 is 0.586 bits per heavy atom. The lowest BCUT2D eigenvalue weighted by atomic mass is 10.1. The summed E-state index contributed by atoms with van der Waals surface area (Å²) >= 11 is 1.81. The van der Waals surface area contributed by atoms with Gasteiger partial charge in [-0.25, -0.2) is 0 Å². The van der Waals surface area contributed by atoms with Crippen LogP contribution < -0.4 is 4.74 Å². The van der Waals surface area contributed by atoms with Gasteiger partial charge < -0.3 is 4.74 Å². The van der Waals surface area contributed by atoms with Crippen molar-refractivity contribution in [3.63, 3.8) is 0 Å². The van der Waals surface area contributed by atoms with Crippen molar-refractivity contribution in [2.75, 3.05) is 7.11 Å². The van der Waals surface area contributed by atoms with Crippen LogP contribution in [0.25, 0.3) is 33.0 Å². The van der Waals surface area contributed by atoms with Crippen molar-refractivity contribution >= 4 is 23.5 Å². The average molecular weight is 395 g/mol. The second-order valence-corrected chi connectivity index (χ2v) is 7.73. The smallest absolute Gasteiger partial charge is 0.118 e. The van der Waals surface area contributed by atoms with Crippen molar-refractivity contribution in [3.05, 3.63) is 114 Å². The lowest BCUT2D eigenvalue weighted by Gasteiger charge is -2.01. The second-order valence-electron chi connectivity index (χ2n) is 6.64. The maximum absolute atomic E-state index is 5.24. The summed E-state index contributed by atoms with van der Waals surface area (Å²) in [6, 6.07) is 31.6. The van der Waals surface area contributed by atoms with E-state index in [1.807, 2.05) is 41.7 Å². The van der Waals surface area contributed by atoms with E-state index in [0.717, 1.165) is 5.75 Å². The van der Waals surface area contributed by atoms with Gasteiger partial charge in [-0.15, -0.1) is 11.3 Å². The molecule has 0 atom stereocenters. The molecule has 142 valence electrons. The molecule has 29 heavy (non-hydrogen) atoms. The van der Waals surface area contributed by atoms with Gasteiger partial charge in [0.2, 0.25) is 0 Å². The molecule has 4 rings (SSSR count). The molecule has 0 unspecified atom stereocenters. The highest BCUT2D eigenvalue weighted by atomic mass is 32.1. The van der Waals surface area contributed by atoms with Crippen molar-refractivity contribution in [2.45, 2.75) is 0 Å². The van der Waals surface area contributed by atoms with Gasteiger partial charge in [-0.05, 0) is 58.7 Å². The van der Waals surface area contributed by atoms with E-state index in [1.54, 1.807) is 7.11 Å². The first kappa shape index (κ1) is 19.0. The Hall–Kier alpha value is -3.36. The van der Waals surface area contributed by atoms with Crippen molar-refractivity contribution in [3.8, 4) is 26.6 Å². The highest BCUT2D eigenvalue weighted by Gasteiger charge is 2.05. The number of hydrogen-bond donors (Lipinski definition) is 0. The van der Waals surface area contributed by atoms with E-state index in [-0.39, 0.29) is 0 Å². The summed E-state index contributed by atoms with van der Waals surface area (Å²) in [6.45, 7) is 0. The number of hydrogen-bond acceptors (Lipinski definition) is 2. The molecule has 1 nitrogen and oxygen atoms in total. The molecule has 0 saturated heterocycles. The van der Waals surface area contributed by atoms with Gasteiger partial charge in [0.05, 0.1) is 7.11 Å². The SMILES string of the molecule is COc1ccc(-c2ccc(-c3ccc(/C=C/C=C/c4ccccc4)cc3)s2)cc1. The van der Waals surface area contributed by atoms with Crippen molar-refractivity contribution in [1.82, 2.24) is 0 Å². The molecule has 0 spiro atoms. The lowest BCUT2D eigenvalue weighted by Crippen LogP contribution is -1.81. The molecule has 0 aliphatic carbocycles. The molecular weight excluding hydrogens is 372 g/mol. The van der Waals surface area contributed by atoms with Crippen LogP contribution >= 0.6 is 11.3 Å². The molecule has 0 aliphatic heterocycles. The molecule has 0 N–H and O–H groups in total. The molecule has 0 bridgehead atoms. The van der Waals surface area contributed by atoms with E-state index in [0.29, 0.717) is 0 Å². The van der Waals surface area contributed by atoms with Gasteiger partial charge in [0, 0.05) is 9.75 Å². The standard InChI is InChI=1S/C27H22OS/c1-28-25-17-15-24(16-18-25)27-20-19-26(29-27)23-13-11-22(12-14-23)10-6-5-9-21-7-3-2-4-8-21/h2-20H,1H3/b9-5+,10-6+. The number of thiophene rings is 1. The molecule has 0 aliphatic rings. The zero-order valence-electron chi connectivity index (χ0n) is 16.3. The van der Waals surface area contributed by atoms with Crippen molar-refractivity contribution in [2.24, 2.45) is 0 Å². The summed E-state index contributed by atoms with van der Waals surface area (Å²) < 4.78 is 5.24. The van der Waals surface area contributed by atoms with Crippen LogP contribution in [0.4, 0.5) is 0 Å². The van der Waals surface area contributed by atoms with E-state index < -0.39 is 0 Å². The Morgan fingerprint density at radius 2 is 1.10 bits per heavy atom. The third-order valence-corrected chi connectivity index (χ3v) is 5.85. The molecule has 0 saturated carbocycles. The van der Waals surface area contributed by atoms with Crippen molar-refractivity contribution < 1.29 is 4.74 Å². The summed E-state index contributed by atoms with van der Waals surface area (Å²) in [4.78, 5) is 2.54. The molecule has 0 radical (unpaired) electrons. The maximum atomic E-state index is 5.24. The minimum absolute atomic E-state index is 0.882. The van der Waals surface area contributed by atoms with Crippen molar-refractivity contribution in [1.29, 1.82) is 0 Å². The zero-order chi connectivity index (χ0) is 19.9. The number of ether oxygens (including phenoxy) is 1. The first-order valence-electron chi connectivity index (χ1n) is 9.56. The van der Waals surface area contributed by atoms with Gasteiger partial charge in [-0.2, -0.15) is 0 Å². The minimum atomic E-state index is 0.882. The quantitative estimate of drug-likeness (QED) is 0.303. The van der Waals surface area contributed by atoms with Crippen LogP contribution in [0.5, 0.6) is 5.75 Å². The van der Waals surface area contributed by atoms with E-state index >= 15 is 0 Å². The highest BCUT2D eigenvalue weighted by molar-refractivity contribution is 7.18. The van der Waals surface area contributed by atoms with E-state index in [4.69, 9.17) is 4.74 Å². The van der Waals surface area contributed by atoms with Gasteiger partial charge in [0.25, 0.3) is 0 Å². The van der Waals surface area contributed by atoms with Gasteiger partial charge in [-0.1, -0.05) is 78.9 Å². The van der Waals surface area contributed by atoms with Crippen LogP contribution in [0.1, 0.15) is 11.1 Å². The topological polar surface area (TPSA) is 9.23 Å². The predicted molar refractivity (Wildman–Crippen MR) is 126 cm³/mol. The molecule has 1 aromatic heterocycles. The van der Waals surface area contributed by atoms with Crippen LogP contribution in [-0.2, 0) is 0 Å². The highest BCUT2D eigenvalue weighted by Crippen LogP contribution is 2.35. The Bertz CT molecular complexity index is 1100. The average Bonchev–Trinajstić information content (AvgIpc) is 3.28. The molecule has 1 heterocycles. The summed E-state index contributed by atoms with van der Waals surface area (Å²) in [5.74, 6) is 0.882. The number of rotatable bonds is 6. The molecule has 3 aromatic carbocycles. The summed E-state index contributed by atoms with van der Waals surface area (Å²) in [5.41, 5.74) is 4.86. The molecule has 0 fully saturated rings. The van der Waals surface area contributed by atoms with Crippen LogP contribution in [0, 0.1) is 0 Å². The second kappa shape index (κ2) is 9.22. The van der Waals surface area contributed by atoms with Gasteiger partial charge >= 0.3 is 0 Å². The van der Waals surface area contributed by atoms with Gasteiger partial charge in [-0.3, -0.25) is 0 Å². The molecule has 4 aromatic rings. The van der Waals surface area contributed by atoms with E-state index in [1.165, 1.54) is 32.0 Å². The monoisotopic (exact) mass is 394 g/mol. The molecule has 0 amide bonds. The number of benzene rings is 3. The van der Waals surface area contributed by atoms with E-state index in [2.05, 4.69) is 85.0 Å². The normalized spacial score (nSPS) is 11.3. The fraction of sp³-hybridized carbons (Fsp3) is 0.0370. The molecule has 2 heteroatoms. The summed E-state index contributed by atoms with van der Waals surface area (Å²) in [7, 11) is 1.69. The van der Waals surface area contributed by atoms with Crippen LogP contribution in [0.3, 0.4) is 0 Å². The Kier molecular flexibility index (Phi) is 6.04. The fourth-order valence-electron chi connectivity index (χ4n) is 3.06. The summed E-state index contributed by atoms with van der Waals surface area (Å²) in [5, 5.41) is 0. The predicted octanol–water partition coefficient (Wildman–Crippen LogP) is 7.82. The first-order chi connectivity index (χ1) is 14.3. The Labute approximate surface area is 176 Å². The zero-order valence-corrected chi connectivity index (χ0v) is 17.1. The van der Waals surface area contributed by atoms with Crippen LogP contribution in [-0.4, -0.2) is 7.11 Å². The van der Waals surface area contributed by atoms with Crippen LogP contribution in [0.2, 0.25) is 0 Å². The third kappa shape index (κ3) is 4.92. The maximum Gasteiger partial charge on any atom is 0.118 e. The van der Waals surface area contributed by atoms with Gasteiger partial charge in [0.15, 0.2) is 0 Å². The molecular formula is C27H22OS. The Morgan fingerprint density at radius 3 is 1.66 bits per heavy atom. The summed E-state index contributed by atoms with van der Waals surface area (Å²) in [6.07, 6.45) is 8.39. The Balaban J connectivity index is 1.43. The van der Waals surface area contributed by atoms with Gasteiger partial charge in [0.1, 0.15) is 5.75 Å². The minimum Gasteiger partial charge on any atom is -0.497 e. The number of methoxy groups -OCH3 is 1. The van der Waals surface area contributed by atoms with Crippen LogP contribution in [0.15, 0.2) is 103 Å². The lowest BCUT2D eigenvalue weighted by molar-refractivity contribution is 0.415. The first-order valence-corrected chi connectivity index (χ1v) is 10.4.